The zero-order valence-corrected chi connectivity index (χ0v) is 8.19. The van der Waals surface area contributed by atoms with Crippen LogP contribution in [0.15, 0.2) is 16.8 Å². The minimum absolute atomic E-state index is 0.204. The van der Waals surface area contributed by atoms with Crippen LogP contribution in [0.1, 0.15) is 12.5 Å². The van der Waals surface area contributed by atoms with Crippen molar-refractivity contribution in [2.24, 2.45) is 5.73 Å². The van der Waals surface area contributed by atoms with Crippen molar-refractivity contribution in [2.75, 3.05) is 0 Å². The van der Waals surface area contributed by atoms with Gasteiger partial charge in [-0.3, -0.25) is 0 Å². The average Bonchev–Trinajstić information content (AvgIpc) is 2.52. The smallest absolute Gasteiger partial charge is 0.375 e. The lowest BCUT2D eigenvalue weighted by Crippen LogP contribution is -2.54. The number of alkyl halides is 3. The van der Waals surface area contributed by atoms with Gasteiger partial charge in [-0.2, -0.15) is 24.5 Å². The van der Waals surface area contributed by atoms with Crippen molar-refractivity contribution >= 4 is 11.3 Å². The van der Waals surface area contributed by atoms with Gasteiger partial charge in [0.25, 0.3) is 0 Å². The fourth-order valence-electron chi connectivity index (χ4n) is 1.17. The van der Waals surface area contributed by atoms with E-state index >= 15 is 0 Å². The predicted octanol–water partition coefficient (Wildman–Crippen LogP) is 1.85. The summed E-state index contributed by atoms with van der Waals surface area (Å²) in [6.45, 7) is 1.13. The third-order valence-electron chi connectivity index (χ3n) is 2.05. The maximum atomic E-state index is 12.6. The van der Waals surface area contributed by atoms with Crippen molar-refractivity contribution in [1.82, 2.24) is 0 Å². The summed E-state index contributed by atoms with van der Waals surface area (Å²) in [5.41, 5.74) is 2.03. The molecule has 0 radical (unpaired) electrons. The second-order valence-electron chi connectivity index (χ2n) is 3.06. The van der Waals surface area contributed by atoms with E-state index in [4.69, 9.17) is 5.73 Å². The Morgan fingerprint density at radius 2 is 2.07 bits per heavy atom. The molecule has 1 aromatic heterocycles. The molecule has 2 atom stereocenters. The summed E-state index contributed by atoms with van der Waals surface area (Å²) < 4.78 is 37.8. The number of hydrogen-bond donors (Lipinski definition) is 2. The molecule has 2 unspecified atom stereocenters. The molecule has 0 aliphatic rings. The average molecular weight is 225 g/mol. The number of nitrogens with two attached hydrogens (primary N) is 1. The van der Waals surface area contributed by atoms with E-state index < -0.39 is 17.8 Å². The number of thiophene rings is 1. The number of aliphatic hydroxyl groups is 1. The molecule has 0 aliphatic heterocycles. The van der Waals surface area contributed by atoms with Crippen LogP contribution in [0, 0.1) is 0 Å². The van der Waals surface area contributed by atoms with Crippen LogP contribution in [-0.2, 0) is 5.60 Å². The lowest BCUT2D eigenvalue weighted by Gasteiger charge is -2.33. The molecule has 3 N–H and O–H groups in total. The molecule has 14 heavy (non-hydrogen) atoms. The highest BCUT2D eigenvalue weighted by Crippen LogP contribution is 2.41. The Morgan fingerprint density at radius 1 is 1.50 bits per heavy atom. The summed E-state index contributed by atoms with van der Waals surface area (Å²) in [6, 6.07) is -0.182. The summed E-state index contributed by atoms with van der Waals surface area (Å²) >= 11 is 1.08. The molecule has 1 rings (SSSR count). The fraction of sp³-hybridized carbons (Fsp3) is 0.500. The first-order valence-corrected chi connectivity index (χ1v) is 4.81. The summed E-state index contributed by atoms with van der Waals surface area (Å²) in [5, 5.41) is 12.3. The van der Waals surface area contributed by atoms with Gasteiger partial charge in [0, 0.05) is 11.6 Å². The van der Waals surface area contributed by atoms with Crippen LogP contribution in [0.4, 0.5) is 13.2 Å². The van der Waals surface area contributed by atoms with E-state index in [-0.39, 0.29) is 5.56 Å². The first-order valence-electron chi connectivity index (χ1n) is 3.87. The highest BCUT2D eigenvalue weighted by molar-refractivity contribution is 7.08. The molecular weight excluding hydrogens is 215 g/mol. The van der Waals surface area contributed by atoms with Crippen molar-refractivity contribution in [2.45, 2.75) is 24.7 Å². The van der Waals surface area contributed by atoms with Gasteiger partial charge in [-0.05, 0) is 23.8 Å². The monoisotopic (exact) mass is 225 g/mol. The normalized spacial score (nSPS) is 19.0. The Balaban J connectivity index is 3.20. The van der Waals surface area contributed by atoms with Crippen LogP contribution in [0.25, 0.3) is 0 Å². The van der Waals surface area contributed by atoms with Crippen LogP contribution in [-0.4, -0.2) is 17.3 Å². The van der Waals surface area contributed by atoms with Gasteiger partial charge in [0.15, 0.2) is 0 Å². The quantitative estimate of drug-likeness (QED) is 0.806. The van der Waals surface area contributed by atoms with E-state index in [1.165, 1.54) is 16.8 Å². The molecule has 1 aromatic rings. The molecule has 6 heteroatoms. The maximum absolute atomic E-state index is 12.6. The Morgan fingerprint density at radius 3 is 2.36 bits per heavy atom. The minimum atomic E-state index is -4.76. The number of halogens is 3. The standard InChI is InChI=1S/C8H10F3NOS/c1-5(12)7(13,8(9,10)11)6-2-3-14-4-6/h2-5,13H,12H2,1H3. The Hall–Kier alpha value is -0.590. The van der Waals surface area contributed by atoms with Gasteiger partial charge < -0.3 is 10.8 Å². The molecule has 0 amide bonds. The Bertz CT molecular complexity index is 296. The molecule has 0 saturated heterocycles. The van der Waals surface area contributed by atoms with Gasteiger partial charge in [0.05, 0.1) is 0 Å². The van der Waals surface area contributed by atoms with Gasteiger partial charge >= 0.3 is 6.18 Å². The number of rotatable bonds is 2. The largest absolute Gasteiger partial charge is 0.423 e. The molecule has 0 fully saturated rings. The molecule has 0 aliphatic carbocycles. The highest BCUT2D eigenvalue weighted by Gasteiger charge is 2.57. The third kappa shape index (κ3) is 1.65. The van der Waals surface area contributed by atoms with Gasteiger partial charge in [-0.25, -0.2) is 0 Å². The van der Waals surface area contributed by atoms with Crippen LogP contribution in [0.3, 0.4) is 0 Å². The van der Waals surface area contributed by atoms with E-state index in [9.17, 15) is 18.3 Å². The molecular formula is C8H10F3NOS. The van der Waals surface area contributed by atoms with E-state index in [2.05, 4.69) is 0 Å². The van der Waals surface area contributed by atoms with E-state index in [0.29, 0.717) is 0 Å². The lowest BCUT2D eigenvalue weighted by atomic mass is 9.89. The summed E-state index contributed by atoms with van der Waals surface area (Å²) in [6.07, 6.45) is -4.76. The van der Waals surface area contributed by atoms with Crippen LogP contribution in [0.2, 0.25) is 0 Å². The van der Waals surface area contributed by atoms with Crippen LogP contribution < -0.4 is 5.73 Å². The first-order chi connectivity index (χ1) is 6.30. The molecule has 0 aromatic carbocycles. The van der Waals surface area contributed by atoms with Gasteiger partial charge in [0.2, 0.25) is 5.60 Å². The predicted molar refractivity (Wildman–Crippen MR) is 47.9 cm³/mol. The first kappa shape index (κ1) is 11.5. The summed E-state index contributed by atoms with van der Waals surface area (Å²) in [4.78, 5) is 0. The Kier molecular flexibility index (Phi) is 2.89. The van der Waals surface area contributed by atoms with Crippen molar-refractivity contribution in [3.05, 3.63) is 22.4 Å². The van der Waals surface area contributed by atoms with Gasteiger partial charge in [0.1, 0.15) is 0 Å². The van der Waals surface area contributed by atoms with Crippen molar-refractivity contribution in [1.29, 1.82) is 0 Å². The number of hydrogen-bond acceptors (Lipinski definition) is 3. The zero-order valence-electron chi connectivity index (χ0n) is 7.38. The lowest BCUT2D eigenvalue weighted by molar-refractivity contribution is -0.272. The third-order valence-corrected chi connectivity index (χ3v) is 2.74. The van der Waals surface area contributed by atoms with E-state index in [1.807, 2.05) is 0 Å². The topological polar surface area (TPSA) is 46.2 Å². The van der Waals surface area contributed by atoms with Crippen molar-refractivity contribution in [3.8, 4) is 0 Å². The zero-order chi connectivity index (χ0) is 11.0. The second-order valence-corrected chi connectivity index (χ2v) is 3.84. The summed E-state index contributed by atoms with van der Waals surface area (Å²) in [5.74, 6) is 0. The van der Waals surface area contributed by atoms with E-state index in [0.717, 1.165) is 18.3 Å². The molecule has 0 saturated carbocycles. The second kappa shape index (κ2) is 3.52. The van der Waals surface area contributed by atoms with E-state index in [1.54, 1.807) is 0 Å². The molecule has 0 spiro atoms. The molecule has 0 bridgehead atoms. The van der Waals surface area contributed by atoms with Crippen molar-refractivity contribution < 1.29 is 18.3 Å². The molecule has 1 heterocycles. The maximum Gasteiger partial charge on any atom is 0.423 e. The highest BCUT2D eigenvalue weighted by atomic mass is 32.1. The van der Waals surface area contributed by atoms with Gasteiger partial charge in [-0.1, -0.05) is 0 Å². The SMILES string of the molecule is CC(N)C(O)(c1ccsc1)C(F)(F)F. The van der Waals surface area contributed by atoms with Crippen LogP contribution in [0.5, 0.6) is 0 Å². The Labute approximate surface area is 83.2 Å². The van der Waals surface area contributed by atoms with Crippen molar-refractivity contribution in [3.63, 3.8) is 0 Å². The fourth-order valence-corrected chi connectivity index (χ4v) is 1.87. The minimum Gasteiger partial charge on any atom is -0.375 e. The van der Waals surface area contributed by atoms with Crippen LogP contribution >= 0.6 is 11.3 Å². The summed E-state index contributed by atoms with van der Waals surface area (Å²) in [7, 11) is 0. The molecule has 2 nitrogen and oxygen atoms in total. The molecule has 80 valence electrons. The van der Waals surface area contributed by atoms with Gasteiger partial charge in [-0.15, -0.1) is 0 Å².